The molecule has 2 aromatic carbocycles. The number of nitrogens with one attached hydrogen (secondary N) is 1. The molecule has 2 aliphatic rings. The lowest BCUT2D eigenvalue weighted by Gasteiger charge is -2.37. The van der Waals surface area contributed by atoms with Crippen LogP contribution in [-0.4, -0.2) is 48.3 Å². The van der Waals surface area contributed by atoms with E-state index >= 15 is 0 Å². The predicted octanol–water partition coefficient (Wildman–Crippen LogP) is 6.51. The highest BCUT2D eigenvalue weighted by atomic mass is 19.4. The van der Waals surface area contributed by atoms with Crippen LogP contribution in [-0.2, 0) is 12.4 Å². The van der Waals surface area contributed by atoms with Gasteiger partial charge in [-0.15, -0.1) is 0 Å². The molecule has 13 heteroatoms. The minimum absolute atomic E-state index is 0.0270. The van der Waals surface area contributed by atoms with Crippen molar-refractivity contribution in [2.75, 3.05) is 41.3 Å². The number of rotatable bonds is 6. The molecule has 0 spiro atoms. The van der Waals surface area contributed by atoms with E-state index in [1.807, 2.05) is 4.90 Å². The molecule has 1 aliphatic heterocycles. The fourth-order valence-corrected chi connectivity index (χ4v) is 5.32. The van der Waals surface area contributed by atoms with Crippen LogP contribution in [0, 0.1) is 11.3 Å². The molecule has 1 N–H and O–H groups in total. The summed E-state index contributed by atoms with van der Waals surface area (Å²) in [6.07, 6.45) is -4.89. The van der Waals surface area contributed by atoms with Crippen LogP contribution < -0.4 is 19.9 Å². The van der Waals surface area contributed by atoms with Gasteiger partial charge in [-0.05, 0) is 68.1 Å². The molecule has 0 amide bonds. The largest absolute Gasteiger partial charge is 0.474 e. The van der Waals surface area contributed by atoms with Crippen LogP contribution in [0.5, 0.6) is 5.88 Å². The first-order chi connectivity index (χ1) is 20.0. The Bertz CT molecular complexity index is 1410. The summed E-state index contributed by atoms with van der Waals surface area (Å²) < 4.78 is 84.6. The topological polar surface area (TPSA) is 77.3 Å². The molecule has 2 heterocycles. The second-order valence-corrected chi connectivity index (χ2v) is 10.3. The molecule has 1 aliphatic carbocycles. The van der Waals surface area contributed by atoms with E-state index in [2.05, 4.69) is 20.2 Å². The Balaban J connectivity index is 1.11. The Morgan fingerprint density at radius 3 is 2.10 bits per heavy atom. The van der Waals surface area contributed by atoms with Crippen molar-refractivity contribution in [3.05, 3.63) is 71.5 Å². The first-order valence-corrected chi connectivity index (χ1v) is 13.5. The van der Waals surface area contributed by atoms with Gasteiger partial charge in [0, 0.05) is 49.7 Å². The Morgan fingerprint density at radius 2 is 1.48 bits per heavy atom. The Kier molecular flexibility index (Phi) is 8.34. The van der Waals surface area contributed by atoms with E-state index in [0.29, 0.717) is 69.2 Å². The van der Waals surface area contributed by atoms with Gasteiger partial charge < -0.3 is 19.9 Å². The van der Waals surface area contributed by atoms with Crippen molar-refractivity contribution in [1.82, 2.24) is 9.97 Å². The van der Waals surface area contributed by atoms with Crippen molar-refractivity contribution in [1.29, 1.82) is 5.26 Å². The molecule has 2 fully saturated rings. The van der Waals surface area contributed by atoms with Crippen molar-refractivity contribution in [2.45, 2.75) is 50.2 Å². The van der Waals surface area contributed by atoms with Crippen molar-refractivity contribution >= 4 is 17.2 Å². The molecule has 3 aromatic rings. The van der Waals surface area contributed by atoms with Gasteiger partial charge in [0.15, 0.2) is 0 Å². The summed E-state index contributed by atoms with van der Waals surface area (Å²) in [7, 11) is 0. The summed E-state index contributed by atoms with van der Waals surface area (Å²) in [5.41, 5.74) is -0.971. The maximum absolute atomic E-state index is 13.3. The van der Waals surface area contributed by atoms with Crippen LogP contribution in [0.4, 0.5) is 43.5 Å². The van der Waals surface area contributed by atoms with Gasteiger partial charge in [-0.3, -0.25) is 0 Å². The molecule has 0 radical (unpaired) electrons. The van der Waals surface area contributed by atoms with E-state index in [9.17, 15) is 26.3 Å². The Labute approximate surface area is 238 Å². The Hall–Kier alpha value is -4.21. The molecule has 5 rings (SSSR count). The number of anilines is 3. The van der Waals surface area contributed by atoms with E-state index < -0.39 is 29.0 Å². The third-order valence-corrected chi connectivity index (χ3v) is 7.57. The standard InChI is InChI=1S/C29H28F6N6O/c30-28(31,32)20-2-7-23(8-3-20)40-11-13-41(14-12-40)26-16-27(38-18-37-26)42-24-9-5-21(6-10-24)39-22-4-1-19(17-36)25(15-22)29(33,34)35/h1-4,7-8,15-16,18,21,24,39H,5-6,9-14H2. The zero-order chi connectivity index (χ0) is 29.9. The van der Waals surface area contributed by atoms with Crippen LogP contribution in [0.3, 0.4) is 0 Å². The van der Waals surface area contributed by atoms with E-state index in [0.717, 1.165) is 23.9 Å². The number of hydrogen-bond donors (Lipinski definition) is 1. The van der Waals surface area contributed by atoms with Crippen LogP contribution in [0.1, 0.15) is 42.4 Å². The van der Waals surface area contributed by atoms with Gasteiger partial charge in [0.2, 0.25) is 5.88 Å². The molecular weight excluding hydrogens is 562 g/mol. The molecule has 1 saturated heterocycles. The predicted molar refractivity (Wildman–Crippen MR) is 144 cm³/mol. The van der Waals surface area contributed by atoms with E-state index in [1.165, 1.54) is 30.6 Å². The van der Waals surface area contributed by atoms with Crippen LogP contribution in [0.15, 0.2) is 54.9 Å². The molecule has 0 atom stereocenters. The molecule has 42 heavy (non-hydrogen) atoms. The van der Waals surface area contributed by atoms with E-state index in [1.54, 1.807) is 12.1 Å². The average Bonchev–Trinajstić information content (AvgIpc) is 2.97. The monoisotopic (exact) mass is 590 g/mol. The zero-order valence-electron chi connectivity index (χ0n) is 22.4. The Morgan fingerprint density at radius 1 is 0.810 bits per heavy atom. The molecule has 1 saturated carbocycles. The second-order valence-electron chi connectivity index (χ2n) is 10.3. The van der Waals surface area contributed by atoms with Gasteiger partial charge >= 0.3 is 12.4 Å². The summed E-state index contributed by atoms with van der Waals surface area (Å²) in [6.45, 7) is 2.48. The summed E-state index contributed by atoms with van der Waals surface area (Å²) in [4.78, 5) is 12.7. The molecule has 1 aromatic heterocycles. The van der Waals surface area contributed by atoms with Crippen molar-refractivity contribution in [3.63, 3.8) is 0 Å². The number of piperazine rings is 1. The van der Waals surface area contributed by atoms with Crippen LogP contribution in [0.25, 0.3) is 0 Å². The van der Waals surface area contributed by atoms with Crippen molar-refractivity contribution in [2.24, 2.45) is 0 Å². The summed E-state index contributed by atoms with van der Waals surface area (Å²) in [6, 6.07) is 12.1. The summed E-state index contributed by atoms with van der Waals surface area (Å²) in [5, 5.41) is 12.1. The highest BCUT2D eigenvalue weighted by molar-refractivity contribution is 5.54. The molecular formula is C29H28F6N6O. The van der Waals surface area contributed by atoms with E-state index in [-0.39, 0.29) is 12.1 Å². The highest BCUT2D eigenvalue weighted by Gasteiger charge is 2.34. The number of nitriles is 1. The quantitative estimate of drug-likeness (QED) is 0.328. The number of benzene rings is 2. The highest BCUT2D eigenvalue weighted by Crippen LogP contribution is 2.35. The number of alkyl halides is 6. The lowest BCUT2D eigenvalue weighted by Crippen LogP contribution is -2.46. The van der Waals surface area contributed by atoms with Gasteiger partial charge in [0.1, 0.15) is 18.2 Å². The first kappa shape index (κ1) is 29.3. The van der Waals surface area contributed by atoms with Gasteiger partial charge in [-0.1, -0.05) is 0 Å². The molecule has 7 nitrogen and oxygen atoms in total. The number of halogens is 6. The lowest BCUT2D eigenvalue weighted by atomic mass is 9.92. The number of nitrogens with zero attached hydrogens (tertiary/aromatic N) is 5. The van der Waals surface area contributed by atoms with Crippen LogP contribution >= 0.6 is 0 Å². The fourth-order valence-electron chi connectivity index (χ4n) is 5.32. The van der Waals surface area contributed by atoms with Gasteiger partial charge in [0.05, 0.1) is 22.8 Å². The van der Waals surface area contributed by atoms with Crippen molar-refractivity contribution in [3.8, 4) is 11.9 Å². The van der Waals surface area contributed by atoms with E-state index in [4.69, 9.17) is 10.00 Å². The minimum atomic E-state index is -4.61. The van der Waals surface area contributed by atoms with Gasteiger partial charge in [-0.2, -0.15) is 31.6 Å². The van der Waals surface area contributed by atoms with Crippen molar-refractivity contribution < 1.29 is 31.1 Å². The van der Waals surface area contributed by atoms with Crippen LogP contribution in [0.2, 0.25) is 0 Å². The summed E-state index contributed by atoms with van der Waals surface area (Å²) >= 11 is 0. The maximum atomic E-state index is 13.3. The number of ether oxygens (including phenoxy) is 1. The normalized spacial score (nSPS) is 19.7. The SMILES string of the molecule is N#Cc1ccc(NC2CCC(Oc3cc(N4CCN(c5ccc(C(F)(F)F)cc5)CC4)ncn3)CC2)cc1C(F)(F)F. The fraction of sp³-hybridized carbons (Fsp3) is 0.414. The van der Waals surface area contributed by atoms with Gasteiger partial charge in [-0.25, -0.2) is 9.97 Å². The molecule has 222 valence electrons. The first-order valence-electron chi connectivity index (χ1n) is 13.5. The minimum Gasteiger partial charge on any atom is -0.474 e. The molecule has 0 bridgehead atoms. The second kappa shape index (κ2) is 12.0. The third kappa shape index (κ3) is 6.98. The number of aromatic nitrogens is 2. The maximum Gasteiger partial charge on any atom is 0.417 e. The lowest BCUT2D eigenvalue weighted by molar-refractivity contribution is -0.138. The number of hydrogen-bond acceptors (Lipinski definition) is 7. The third-order valence-electron chi connectivity index (χ3n) is 7.57. The zero-order valence-corrected chi connectivity index (χ0v) is 22.4. The van der Waals surface area contributed by atoms with Gasteiger partial charge in [0.25, 0.3) is 0 Å². The average molecular weight is 591 g/mol. The smallest absolute Gasteiger partial charge is 0.417 e. The summed E-state index contributed by atoms with van der Waals surface area (Å²) in [5.74, 6) is 1.13. The molecule has 0 unspecified atom stereocenters.